The highest BCUT2D eigenvalue weighted by Gasteiger charge is 2.35. The van der Waals surface area contributed by atoms with Crippen LogP contribution in [-0.4, -0.2) is 73.0 Å². The first-order valence-electron chi connectivity index (χ1n) is 12.7. The van der Waals surface area contributed by atoms with E-state index < -0.39 is 0 Å². The van der Waals surface area contributed by atoms with Crippen molar-refractivity contribution in [1.82, 2.24) is 24.3 Å². The summed E-state index contributed by atoms with van der Waals surface area (Å²) in [6.45, 7) is 1.10. The first-order chi connectivity index (χ1) is 17.0. The van der Waals surface area contributed by atoms with Gasteiger partial charge in [-0.15, -0.1) is 0 Å². The zero-order valence-electron chi connectivity index (χ0n) is 20.1. The second-order valence-electron chi connectivity index (χ2n) is 10.2. The van der Waals surface area contributed by atoms with Crippen LogP contribution >= 0.6 is 0 Å². The zero-order valence-corrected chi connectivity index (χ0v) is 20.1. The molecule has 0 bridgehead atoms. The molecule has 2 aliphatic carbocycles. The van der Waals surface area contributed by atoms with Crippen LogP contribution in [0.5, 0.6) is 0 Å². The van der Waals surface area contributed by atoms with Gasteiger partial charge in [0.05, 0.1) is 17.1 Å². The lowest BCUT2D eigenvalue weighted by molar-refractivity contribution is -0.138. The van der Waals surface area contributed by atoms with Gasteiger partial charge in [-0.05, 0) is 68.2 Å². The molecule has 2 saturated carbocycles. The van der Waals surface area contributed by atoms with Crippen LogP contribution in [0.4, 0.5) is 0 Å². The van der Waals surface area contributed by atoms with Gasteiger partial charge in [-0.1, -0.05) is 6.07 Å². The molecule has 35 heavy (non-hydrogen) atoms. The number of rotatable bonds is 4. The Labute approximate surface area is 204 Å². The van der Waals surface area contributed by atoms with Crippen LogP contribution in [0.25, 0.3) is 22.2 Å². The second kappa shape index (κ2) is 8.75. The molecule has 3 aromatic rings. The zero-order chi connectivity index (χ0) is 24.1. The number of pyridine rings is 1. The number of hydrogen-bond donors (Lipinski definition) is 1. The van der Waals surface area contributed by atoms with E-state index in [2.05, 4.69) is 17.1 Å². The maximum atomic E-state index is 13.6. The van der Waals surface area contributed by atoms with Crippen molar-refractivity contribution in [2.45, 2.75) is 56.6 Å². The number of fused-ring (bicyclic) bond motifs is 1. The summed E-state index contributed by atoms with van der Waals surface area (Å²) in [7, 11) is 1.89. The molecule has 0 spiro atoms. The van der Waals surface area contributed by atoms with E-state index in [9.17, 15) is 14.7 Å². The van der Waals surface area contributed by atoms with Crippen LogP contribution < -0.4 is 0 Å². The lowest BCUT2D eigenvalue weighted by atomic mass is 9.91. The van der Waals surface area contributed by atoms with Gasteiger partial charge < -0.3 is 19.5 Å². The molecule has 8 heteroatoms. The number of amides is 2. The topological polar surface area (TPSA) is 91.6 Å². The number of nitrogens with zero attached hydrogens (tertiary/aromatic N) is 5. The lowest BCUT2D eigenvalue weighted by Gasteiger charge is -2.41. The highest BCUT2D eigenvalue weighted by Crippen LogP contribution is 2.43. The van der Waals surface area contributed by atoms with Crippen molar-refractivity contribution in [2.24, 2.45) is 7.05 Å². The number of carbonyl (C=O) groups excluding carboxylic acids is 2. The highest BCUT2D eigenvalue weighted by molar-refractivity contribution is 6.00. The average Bonchev–Trinajstić information content (AvgIpc) is 3.68. The molecule has 182 valence electrons. The fourth-order valence-electron chi connectivity index (χ4n) is 5.65. The van der Waals surface area contributed by atoms with Gasteiger partial charge in [0.25, 0.3) is 5.91 Å². The summed E-state index contributed by atoms with van der Waals surface area (Å²) in [4.78, 5) is 39.2. The van der Waals surface area contributed by atoms with Crippen LogP contribution in [0.2, 0.25) is 0 Å². The molecule has 6 rings (SSSR count). The summed E-state index contributed by atoms with van der Waals surface area (Å²) in [5.41, 5.74) is 4.98. The smallest absolute Gasteiger partial charge is 0.290 e. The van der Waals surface area contributed by atoms with E-state index in [0.717, 1.165) is 47.8 Å². The van der Waals surface area contributed by atoms with Gasteiger partial charge in [0.1, 0.15) is 6.54 Å². The fourth-order valence-corrected chi connectivity index (χ4v) is 5.65. The van der Waals surface area contributed by atoms with Crippen LogP contribution in [0.1, 0.15) is 60.6 Å². The van der Waals surface area contributed by atoms with E-state index >= 15 is 0 Å². The Bertz CT molecular complexity index is 1270. The molecule has 1 aliphatic heterocycles. The Morgan fingerprint density at radius 2 is 1.89 bits per heavy atom. The molecule has 3 heterocycles. The molecule has 3 fully saturated rings. The summed E-state index contributed by atoms with van der Waals surface area (Å²) in [6.07, 6.45) is 8.84. The van der Waals surface area contributed by atoms with Crippen LogP contribution in [0, 0.1) is 0 Å². The SMILES string of the molecule is Cn1c(C(=O)N2CCN(C3CCC(O)CC3)C(=O)C2)nc2c(-c3cccnc3)cc(C3CC3)cc21. The monoisotopic (exact) mass is 473 g/mol. The van der Waals surface area contributed by atoms with Gasteiger partial charge >= 0.3 is 0 Å². The average molecular weight is 474 g/mol. The minimum atomic E-state index is -0.251. The molecule has 8 nitrogen and oxygen atoms in total. The molecule has 1 saturated heterocycles. The number of carbonyl (C=O) groups is 2. The Morgan fingerprint density at radius 3 is 2.57 bits per heavy atom. The minimum absolute atomic E-state index is 0.0168. The number of benzene rings is 1. The highest BCUT2D eigenvalue weighted by atomic mass is 16.3. The molecule has 1 aromatic carbocycles. The first kappa shape index (κ1) is 22.2. The molecular weight excluding hydrogens is 442 g/mol. The van der Waals surface area contributed by atoms with E-state index in [1.807, 2.05) is 34.8 Å². The fraction of sp³-hybridized carbons (Fsp3) is 0.481. The van der Waals surface area contributed by atoms with Crippen molar-refractivity contribution < 1.29 is 14.7 Å². The van der Waals surface area contributed by atoms with E-state index in [4.69, 9.17) is 4.98 Å². The van der Waals surface area contributed by atoms with Crippen LogP contribution in [0.3, 0.4) is 0 Å². The van der Waals surface area contributed by atoms with E-state index in [-0.39, 0.29) is 30.5 Å². The molecular formula is C27H31N5O3. The van der Waals surface area contributed by atoms with Crippen molar-refractivity contribution in [3.63, 3.8) is 0 Å². The number of imidazole rings is 1. The van der Waals surface area contributed by atoms with Crippen molar-refractivity contribution in [1.29, 1.82) is 0 Å². The summed E-state index contributed by atoms with van der Waals surface area (Å²) < 4.78 is 1.88. The molecule has 3 aliphatic rings. The first-order valence-corrected chi connectivity index (χ1v) is 12.7. The van der Waals surface area contributed by atoms with Gasteiger partial charge in [0, 0.05) is 49.7 Å². The van der Waals surface area contributed by atoms with Gasteiger partial charge in [0.2, 0.25) is 5.91 Å². The molecule has 0 atom stereocenters. The maximum Gasteiger partial charge on any atom is 0.290 e. The third-order valence-electron chi connectivity index (χ3n) is 7.87. The Hall–Kier alpha value is -3.26. The normalized spacial score (nSPS) is 23.2. The number of aliphatic hydroxyl groups is 1. The standard InChI is InChI=1S/C27H31N5O3/c1-30-23-14-19(17-4-5-17)13-22(18-3-2-10-28-15-18)25(23)29-26(30)27(35)31-11-12-32(24(34)16-31)20-6-8-21(33)9-7-20/h2-3,10,13-15,17,20-21,33H,4-9,11-12,16H2,1H3. The predicted octanol–water partition coefficient (Wildman–Crippen LogP) is 3.10. The number of hydrogen-bond acceptors (Lipinski definition) is 5. The largest absolute Gasteiger partial charge is 0.393 e. The van der Waals surface area contributed by atoms with Gasteiger partial charge in [0.15, 0.2) is 5.82 Å². The number of aryl methyl sites for hydroxylation is 1. The van der Waals surface area contributed by atoms with E-state index in [1.54, 1.807) is 11.1 Å². The summed E-state index contributed by atoms with van der Waals surface area (Å²) in [5.74, 6) is 0.702. The van der Waals surface area contributed by atoms with Crippen molar-refractivity contribution in [3.05, 3.63) is 48.0 Å². The second-order valence-corrected chi connectivity index (χ2v) is 10.2. The lowest BCUT2D eigenvalue weighted by Crippen LogP contribution is -2.56. The number of aliphatic hydroxyl groups excluding tert-OH is 1. The molecule has 2 amide bonds. The summed E-state index contributed by atoms with van der Waals surface area (Å²) >= 11 is 0. The molecule has 1 N–H and O–H groups in total. The van der Waals surface area contributed by atoms with Crippen molar-refractivity contribution in [2.75, 3.05) is 19.6 Å². The van der Waals surface area contributed by atoms with Gasteiger partial charge in [-0.25, -0.2) is 4.98 Å². The Balaban J connectivity index is 1.29. The van der Waals surface area contributed by atoms with Gasteiger partial charge in [-0.3, -0.25) is 14.6 Å². The third kappa shape index (κ3) is 4.10. The molecule has 2 aromatic heterocycles. The third-order valence-corrected chi connectivity index (χ3v) is 7.87. The molecule has 0 radical (unpaired) electrons. The van der Waals surface area contributed by atoms with Crippen LogP contribution in [-0.2, 0) is 11.8 Å². The van der Waals surface area contributed by atoms with Crippen molar-refractivity contribution in [3.8, 4) is 11.1 Å². The van der Waals surface area contributed by atoms with E-state index in [0.29, 0.717) is 24.8 Å². The quantitative estimate of drug-likeness (QED) is 0.629. The Morgan fingerprint density at radius 1 is 1.09 bits per heavy atom. The summed E-state index contributed by atoms with van der Waals surface area (Å²) in [6, 6.07) is 8.47. The predicted molar refractivity (Wildman–Crippen MR) is 132 cm³/mol. The minimum Gasteiger partial charge on any atom is -0.393 e. The Kier molecular flexibility index (Phi) is 5.56. The van der Waals surface area contributed by atoms with Crippen LogP contribution in [0.15, 0.2) is 36.7 Å². The van der Waals surface area contributed by atoms with Gasteiger partial charge in [-0.2, -0.15) is 0 Å². The number of aromatic nitrogens is 3. The molecule has 0 unspecified atom stereocenters. The van der Waals surface area contributed by atoms with E-state index in [1.165, 1.54) is 18.4 Å². The number of piperazine rings is 1. The summed E-state index contributed by atoms with van der Waals surface area (Å²) in [5, 5.41) is 9.79. The maximum absolute atomic E-state index is 13.6. The van der Waals surface area contributed by atoms with Crippen molar-refractivity contribution >= 4 is 22.8 Å².